The van der Waals surface area contributed by atoms with Crippen molar-refractivity contribution in [2.45, 2.75) is 44.9 Å². The van der Waals surface area contributed by atoms with Crippen molar-refractivity contribution in [1.29, 1.82) is 0 Å². The molecule has 0 saturated heterocycles. The Labute approximate surface area is 160 Å². The first kappa shape index (κ1) is 20.6. The number of carbonyl (C=O) groups is 2. The van der Waals surface area contributed by atoms with Crippen molar-refractivity contribution in [2.24, 2.45) is 0 Å². The highest BCUT2D eigenvalue weighted by Crippen LogP contribution is 2.29. The molecule has 2 N–H and O–H groups in total. The van der Waals surface area contributed by atoms with Gasteiger partial charge in [0.25, 0.3) is 0 Å². The maximum atomic E-state index is 12.1. The highest BCUT2D eigenvalue weighted by molar-refractivity contribution is 5.92. The van der Waals surface area contributed by atoms with Gasteiger partial charge < -0.3 is 20.1 Å². The van der Waals surface area contributed by atoms with E-state index in [1.54, 1.807) is 32.4 Å². The molecule has 0 atom stereocenters. The largest absolute Gasteiger partial charge is 0.497 e. The number of rotatable bonds is 10. The summed E-state index contributed by atoms with van der Waals surface area (Å²) in [6.45, 7) is 0. The van der Waals surface area contributed by atoms with E-state index in [2.05, 4.69) is 16.7 Å². The predicted molar refractivity (Wildman–Crippen MR) is 106 cm³/mol. The molecule has 1 aliphatic carbocycles. The number of hydrogen-bond acceptors (Lipinski definition) is 4. The fraction of sp³-hybridized carbons (Fsp3) is 0.429. The van der Waals surface area contributed by atoms with Crippen molar-refractivity contribution in [3.8, 4) is 11.5 Å². The summed E-state index contributed by atoms with van der Waals surface area (Å²) in [6, 6.07) is 5.26. The van der Waals surface area contributed by atoms with Gasteiger partial charge in [-0.2, -0.15) is 0 Å². The van der Waals surface area contributed by atoms with Gasteiger partial charge in [-0.05, 0) is 43.9 Å². The number of allylic oxidation sites excluding steroid dienone is 3. The summed E-state index contributed by atoms with van der Waals surface area (Å²) in [5, 5.41) is 5.76. The van der Waals surface area contributed by atoms with Gasteiger partial charge in [-0.25, -0.2) is 0 Å². The Morgan fingerprint density at radius 2 is 1.70 bits per heavy atom. The smallest absolute Gasteiger partial charge is 0.224 e. The first-order valence-corrected chi connectivity index (χ1v) is 9.31. The number of unbranched alkanes of at least 4 members (excludes halogenated alkanes) is 2. The zero-order valence-electron chi connectivity index (χ0n) is 16.0. The van der Waals surface area contributed by atoms with Crippen molar-refractivity contribution in [1.82, 2.24) is 5.32 Å². The van der Waals surface area contributed by atoms with Crippen molar-refractivity contribution < 1.29 is 19.1 Å². The van der Waals surface area contributed by atoms with Gasteiger partial charge in [0, 0.05) is 24.6 Å². The van der Waals surface area contributed by atoms with E-state index in [0.29, 0.717) is 30.0 Å². The van der Waals surface area contributed by atoms with Crippen molar-refractivity contribution in [2.75, 3.05) is 19.5 Å². The van der Waals surface area contributed by atoms with Gasteiger partial charge in [0.1, 0.15) is 11.5 Å². The van der Waals surface area contributed by atoms with Gasteiger partial charge >= 0.3 is 0 Å². The van der Waals surface area contributed by atoms with E-state index >= 15 is 0 Å². The second kappa shape index (κ2) is 11.1. The molecule has 2 rings (SSSR count). The number of methoxy groups -OCH3 is 2. The molecule has 0 aliphatic heterocycles. The van der Waals surface area contributed by atoms with Crippen LogP contribution in [-0.4, -0.2) is 26.0 Å². The summed E-state index contributed by atoms with van der Waals surface area (Å²) in [7, 11) is 3.13. The Hall–Kier alpha value is -2.76. The molecule has 0 spiro atoms. The molecule has 0 bridgehead atoms. The lowest BCUT2D eigenvalue weighted by Gasteiger charge is -2.11. The third kappa shape index (κ3) is 7.17. The van der Waals surface area contributed by atoms with Gasteiger partial charge in [0.2, 0.25) is 11.8 Å². The van der Waals surface area contributed by atoms with Crippen LogP contribution in [-0.2, 0) is 9.59 Å². The van der Waals surface area contributed by atoms with Crippen LogP contribution in [0.25, 0.3) is 0 Å². The Bertz CT molecular complexity index is 710. The van der Waals surface area contributed by atoms with Crippen molar-refractivity contribution >= 4 is 17.5 Å². The zero-order chi connectivity index (χ0) is 19.5. The summed E-state index contributed by atoms with van der Waals surface area (Å²) >= 11 is 0. The molecule has 1 aromatic rings. The molecule has 2 amide bonds. The zero-order valence-corrected chi connectivity index (χ0v) is 16.0. The average Bonchev–Trinajstić information content (AvgIpc) is 2.68. The van der Waals surface area contributed by atoms with Gasteiger partial charge in [0.15, 0.2) is 0 Å². The first-order chi connectivity index (χ1) is 13.1. The van der Waals surface area contributed by atoms with Gasteiger partial charge in [-0.1, -0.05) is 18.6 Å². The summed E-state index contributed by atoms with van der Waals surface area (Å²) in [5.74, 6) is 1.19. The van der Waals surface area contributed by atoms with E-state index in [1.165, 1.54) is 0 Å². The van der Waals surface area contributed by atoms with Crippen LogP contribution in [0.3, 0.4) is 0 Å². The molecule has 0 heterocycles. The average molecular weight is 372 g/mol. The van der Waals surface area contributed by atoms with E-state index in [0.717, 1.165) is 37.8 Å². The Morgan fingerprint density at radius 3 is 2.33 bits per heavy atom. The molecule has 146 valence electrons. The van der Waals surface area contributed by atoms with Crippen LogP contribution in [0.4, 0.5) is 5.69 Å². The molecule has 0 saturated carbocycles. The minimum Gasteiger partial charge on any atom is -0.497 e. The van der Waals surface area contributed by atoms with E-state index < -0.39 is 0 Å². The molecule has 0 radical (unpaired) electrons. The maximum absolute atomic E-state index is 12.1. The Morgan fingerprint density at radius 1 is 0.963 bits per heavy atom. The quantitative estimate of drug-likeness (QED) is 0.610. The van der Waals surface area contributed by atoms with Gasteiger partial charge in [-0.15, -0.1) is 0 Å². The first-order valence-electron chi connectivity index (χ1n) is 9.31. The van der Waals surface area contributed by atoms with E-state index in [4.69, 9.17) is 9.47 Å². The lowest BCUT2D eigenvalue weighted by Crippen LogP contribution is -2.22. The third-order valence-electron chi connectivity index (χ3n) is 4.27. The van der Waals surface area contributed by atoms with E-state index in [1.807, 2.05) is 12.2 Å². The summed E-state index contributed by atoms with van der Waals surface area (Å²) < 4.78 is 10.4. The fourth-order valence-electron chi connectivity index (χ4n) is 2.79. The second-order valence-electron chi connectivity index (χ2n) is 6.36. The molecule has 0 unspecified atom stereocenters. The fourth-order valence-corrected chi connectivity index (χ4v) is 2.79. The molecular formula is C21H28N2O4. The minimum atomic E-state index is -0.0691. The molecule has 0 fully saturated rings. The topological polar surface area (TPSA) is 76.7 Å². The van der Waals surface area contributed by atoms with E-state index in [-0.39, 0.29) is 11.8 Å². The molecule has 1 aromatic carbocycles. The lowest BCUT2D eigenvalue weighted by atomic mass is 10.1. The van der Waals surface area contributed by atoms with Crippen molar-refractivity contribution in [3.63, 3.8) is 0 Å². The standard InChI is InChI=1S/C21H28N2O4/c1-26-17-13-14-18(19(15-17)27-2)23-21(25)12-8-4-7-11-20(24)22-16-9-5-3-6-10-16/h5,9-10,13-15H,3-4,6-8,11-12H2,1-2H3,(H,22,24)(H,23,25). The number of hydrogen-bond donors (Lipinski definition) is 2. The molecular weight excluding hydrogens is 344 g/mol. The molecule has 6 heteroatoms. The minimum absolute atomic E-state index is 0.0280. The normalized spacial score (nSPS) is 12.9. The lowest BCUT2D eigenvalue weighted by molar-refractivity contribution is -0.120. The van der Waals surface area contributed by atoms with Crippen LogP contribution in [0.1, 0.15) is 44.9 Å². The van der Waals surface area contributed by atoms with Crippen LogP contribution >= 0.6 is 0 Å². The summed E-state index contributed by atoms with van der Waals surface area (Å²) in [6.07, 6.45) is 11.3. The maximum Gasteiger partial charge on any atom is 0.224 e. The van der Waals surface area contributed by atoms with Crippen LogP contribution in [0.2, 0.25) is 0 Å². The van der Waals surface area contributed by atoms with Crippen LogP contribution in [0.5, 0.6) is 11.5 Å². The highest BCUT2D eigenvalue weighted by atomic mass is 16.5. The Balaban J connectivity index is 1.64. The highest BCUT2D eigenvalue weighted by Gasteiger charge is 2.09. The SMILES string of the molecule is COc1ccc(NC(=O)CCCCCC(=O)NC2=CCCC=C2)c(OC)c1. The third-order valence-corrected chi connectivity index (χ3v) is 4.27. The number of nitrogens with one attached hydrogen (secondary N) is 2. The number of amides is 2. The van der Waals surface area contributed by atoms with E-state index in [9.17, 15) is 9.59 Å². The number of carbonyl (C=O) groups excluding carboxylic acids is 2. The number of anilines is 1. The van der Waals surface area contributed by atoms with Gasteiger partial charge in [0.05, 0.1) is 19.9 Å². The van der Waals surface area contributed by atoms with Crippen molar-refractivity contribution in [3.05, 3.63) is 42.1 Å². The monoisotopic (exact) mass is 372 g/mol. The molecule has 6 nitrogen and oxygen atoms in total. The number of ether oxygens (including phenoxy) is 2. The molecule has 0 aromatic heterocycles. The second-order valence-corrected chi connectivity index (χ2v) is 6.36. The van der Waals surface area contributed by atoms with Gasteiger partial charge in [-0.3, -0.25) is 9.59 Å². The summed E-state index contributed by atoms with van der Waals surface area (Å²) in [5.41, 5.74) is 1.51. The predicted octanol–water partition coefficient (Wildman–Crippen LogP) is 3.94. The van der Waals surface area contributed by atoms with Crippen LogP contribution in [0.15, 0.2) is 42.1 Å². The molecule has 27 heavy (non-hydrogen) atoms. The number of benzene rings is 1. The summed E-state index contributed by atoms with van der Waals surface area (Å²) in [4.78, 5) is 24.0. The van der Waals surface area contributed by atoms with Crippen LogP contribution < -0.4 is 20.1 Å². The Kier molecular flexibility index (Phi) is 8.42. The molecule has 1 aliphatic rings. The van der Waals surface area contributed by atoms with Crippen LogP contribution in [0, 0.1) is 0 Å².